The van der Waals surface area contributed by atoms with Gasteiger partial charge in [-0.3, -0.25) is 4.68 Å². The highest BCUT2D eigenvalue weighted by Crippen LogP contribution is 2.18. The quantitative estimate of drug-likeness (QED) is 0.885. The van der Waals surface area contributed by atoms with Gasteiger partial charge in [-0.1, -0.05) is 12.1 Å². The molecule has 0 bridgehead atoms. The van der Waals surface area contributed by atoms with Crippen molar-refractivity contribution in [1.29, 1.82) is 0 Å². The van der Waals surface area contributed by atoms with Crippen LogP contribution in [0.2, 0.25) is 0 Å². The van der Waals surface area contributed by atoms with E-state index in [4.69, 9.17) is 0 Å². The van der Waals surface area contributed by atoms with E-state index in [1.165, 1.54) is 0 Å². The molecule has 0 aliphatic carbocycles. The maximum absolute atomic E-state index is 4.33. The minimum Gasteiger partial charge on any atom is -0.309 e. The predicted octanol–water partition coefficient (Wildman–Crippen LogP) is 1.29. The summed E-state index contributed by atoms with van der Waals surface area (Å²) in [7, 11) is 1.91. The minimum absolute atomic E-state index is 0.209. The molecular weight excluding hydrogens is 228 g/mol. The third-order valence-electron chi connectivity index (χ3n) is 3.07. The van der Waals surface area contributed by atoms with Crippen molar-refractivity contribution < 1.29 is 0 Å². The third kappa shape index (κ3) is 2.15. The fourth-order valence-corrected chi connectivity index (χ4v) is 2.17. The lowest BCUT2D eigenvalue weighted by atomic mass is 10.2. The lowest BCUT2D eigenvalue weighted by Gasteiger charge is -2.10. The third-order valence-corrected chi connectivity index (χ3v) is 3.07. The Labute approximate surface area is 107 Å². The number of hydrogen-bond acceptors (Lipinski definition) is 4. The Morgan fingerprint density at radius 3 is 2.67 bits per heavy atom. The standard InChI is InChI=1S/C12H20N6/c1-6-13-9(3)12-10(4)18(16-14-12)11-7-17(5)15-8(11)2/h7,9,13H,6H2,1-5H3. The monoisotopic (exact) mass is 248 g/mol. The highest BCUT2D eigenvalue weighted by atomic mass is 15.5. The van der Waals surface area contributed by atoms with Crippen molar-refractivity contribution in [1.82, 2.24) is 30.1 Å². The van der Waals surface area contributed by atoms with Gasteiger partial charge in [0.1, 0.15) is 11.4 Å². The first-order chi connectivity index (χ1) is 8.54. The van der Waals surface area contributed by atoms with Gasteiger partial charge in [0.15, 0.2) is 0 Å². The summed E-state index contributed by atoms with van der Waals surface area (Å²) in [5.41, 5.74) is 3.98. The summed E-state index contributed by atoms with van der Waals surface area (Å²) in [6.45, 7) is 9.11. The Bertz CT molecular complexity index is 539. The van der Waals surface area contributed by atoms with Crippen LogP contribution in [0.4, 0.5) is 0 Å². The Morgan fingerprint density at radius 1 is 1.39 bits per heavy atom. The average Bonchev–Trinajstić information content (AvgIpc) is 2.82. The second-order valence-corrected chi connectivity index (χ2v) is 4.52. The average molecular weight is 248 g/mol. The van der Waals surface area contributed by atoms with Crippen LogP contribution in [0.1, 0.15) is 37.0 Å². The Morgan fingerprint density at radius 2 is 2.11 bits per heavy atom. The molecule has 0 amide bonds. The molecule has 1 N–H and O–H groups in total. The number of aryl methyl sites for hydroxylation is 2. The Hall–Kier alpha value is -1.69. The van der Waals surface area contributed by atoms with Crippen molar-refractivity contribution in [3.8, 4) is 5.69 Å². The van der Waals surface area contributed by atoms with Crippen LogP contribution < -0.4 is 5.32 Å². The van der Waals surface area contributed by atoms with Crippen molar-refractivity contribution >= 4 is 0 Å². The summed E-state index contributed by atoms with van der Waals surface area (Å²) in [5.74, 6) is 0. The molecule has 0 spiro atoms. The number of hydrogen-bond donors (Lipinski definition) is 1. The van der Waals surface area contributed by atoms with Crippen LogP contribution in [0.15, 0.2) is 6.20 Å². The van der Waals surface area contributed by atoms with Crippen molar-refractivity contribution in [3.63, 3.8) is 0 Å². The zero-order chi connectivity index (χ0) is 13.3. The van der Waals surface area contributed by atoms with Crippen molar-refractivity contribution in [3.05, 3.63) is 23.3 Å². The molecule has 0 radical (unpaired) electrons. The van der Waals surface area contributed by atoms with E-state index in [0.29, 0.717) is 0 Å². The van der Waals surface area contributed by atoms with Crippen molar-refractivity contribution in [2.24, 2.45) is 7.05 Å². The largest absolute Gasteiger partial charge is 0.309 e. The predicted molar refractivity (Wildman–Crippen MR) is 69.7 cm³/mol. The topological polar surface area (TPSA) is 60.6 Å². The van der Waals surface area contributed by atoms with Crippen LogP contribution in [0.25, 0.3) is 5.69 Å². The van der Waals surface area contributed by atoms with E-state index in [9.17, 15) is 0 Å². The van der Waals surface area contributed by atoms with E-state index in [1.54, 1.807) is 4.68 Å². The Kier molecular flexibility index (Phi) is 3.47. The molecule has 0 aromatic carbocycles. The van der Waals surface area contributed by atoms with E-state index in [0.717, 1.165) is 29.3 Å². The molecule has 0 saturated heterocycles. The van der Waals surface area contributed by atoms with Gasteiger partial charge in [-0.15, -0.1) is 5.10 Å². The summed E-state index contributed by atoms with van der Waals surface area (Å²) < 4.78 is 3.64. The summed E-state index contributed by atoms with van der Waals surface area (Å²) in [5, 5.41) is 16.2. The molecule has 1 unspecified atom stereocenters. The molecule has 0 aliphatic heterocycles. The number of aromatic nitrogens is 5. The van der Waals surface area contributed by atoms with Crippen LogP contribution in [-0.2, 0) is 7.05 Å². The van der Waals surface area contributed by atoms with Gasteiger partial charge in [-0.05, 0) is 27.3 Å². The second kappa shape index (κ2) is 4.89. The molecule has 2 aromatic rings. The fraction of sp³-hybridized carbons (Fsp3) is 0.583. The molecule has 6 nitrogen and oxygen atoms in total. The van der Waals surface area contributed by atoms with Crippen LogP contribution in [0.5, 0.6) is 0 Å². The molecule has 6 heteroatoms. The maximum Gasteiger partial charge on any atom is 0.107 e. The van der Waals surface area contributed by atoms with Crippen LogP contribution >= 0.6 is 0 Å². The molecule has 2 heterocycles. The van der Waals surface area contributed by atoms with Gasteiger partial charge in [0.25, 0.3) is 0 Å². The normalized spacial score (nSPS) is 12.9. The van der Waals surface area contributed by atoms with E-state index >= 15 is 0 Å². The molecule has 18 heavy (non-hydrogen) atoms. The second-order valence-electron chi connectivity index (χ2n) is 4.52. The van der Waals surface area contributed by atoms with Crippen molar-refractivity contribution in [2.45, 2.75) is 33.7 Å². The van der Waals surface area contributed by atoms with Gasteiger partial charge in [0, 0.05) is 7.05 Å². The van der Waals surface area contributed by atoms with Gasteiger partial charge < -0.3 is 5.32 Å². The molecule has 98 valence electrons. The number of nitrogens with one attached hydrogen (secondary N) is 1. The smallest absolute Gasteiger partial charge is 0.107 e. The van der Waals surface area contributed by atoms with Gasteiger partial charge in [0.05, 0.1) is 23.6 Å². The first kappa shape index (κ1) is 12.8. The lowest BCUT2D eigenvalue weighted by Crippen LogP contribution is -2.19. The van der Waals surface area contributed by atoms with Gasteiger partial charge in [-0.25, -0.2) is 4.68 Å². The van der Waals surface area contributed by atoms with Crippen LogP contribution in [0.3, 0.4) is 0 Å². The maximum atomic E-state index is 4.33. The SMILES string of the molecule is CCNC(C)c1nnn(-c2cn(C)nc2C)c1C. The van der Waals surface area contributed by atoms with Crippen LogP contribution in [-0.4, -0.2) is 31.3 Å². The summed E-state index contributed by atoms with van der Waals surface area (Å²) >= 11 is 0. The van der Waals surface area contributed by atoms with Crippen molar-refractivity contribution in [2.75, 3.05) is 6.54 Å². The van der Waals surface area contributed by atoms with E-state index in [1.807, 2.05) is 31.8 Å². The number of rotatable bonds is 4. The van der Waals surface area contributed by atoms with Gasteiger partial charge >= 0.3 is 0 Å². The molecular formula is C12H20N6. The molecule has 2 aromatic heterocycles. The molecule has 2 rings (SSSR count). The fourth-order valence-electron chi connectivity index (χ4n) is 2.17. The minimum atomic E-state index is 0.209. The van der Waals surface area contributed by atoms with E-state index in [-0.39, 0.29) is 6.04 Å². The Balaban J connectivity index is 2.39. The van der Waals surface area contributed by atoms with Gasteiger partial charge in [0.2, 0.25) is 0 Å². The first-order valence-corrected chi connectivity index (χ1v) is 6.20. The van der Waals surface area contributed by atoms with Gasteiger partial charge in [-0.2, -0.15) is 5.10 Å². The molecule has 0 saturated carbocycles. The molecule has 1 atom stereocenters. The van der Waals surface area contributed by atoms with Crippen LogP contribution in [0, 0.1) is 13.8 Å². The highest BCUT2D eigenvalue weighted by molar-refractivity contribution is 5.35. The van der Waals surface area contributed by atoms with E-state index < -0.39 is 0 Å². The zero-order valence-electron chi connectivity index (χ0n) is 11.6. The van der Waals surface area contributed by atoms with E-state index in [2.05, 4.69) is 34.6 Å². The molecule has 0 fully saturated rings. The first-order valence-electron chi connectivity index (χ1n) is 6.20. The summed E-state index contributed by atoms with van der Waals surface area (Å²) in [6.07, 6.45) is 1.96. The molecule has 0 aliphatic rings. The summed E-state index contributed by atoms with van der Waals surface area (Å²) in [4.78, 5) is 0. The lowest BCUT2D eigenvalue weighted by molar-refractivity contribution is 0.579. The summed E-state index contributed by atoms with van der Waals surface area (Å²) in [6, 6.07) is 0.209. The number of nitrogens with zero attached hydrogens (tertiary/aromatic N) is 5. The zero-order valence-corrected chi connectivity index (χ0v) is 11.6. The highest BCUT2D eigenvalue weighted by Gasteiger charge is 2.17.